The van der Waals surface area contributed by atoms with Gasteiger partial charge in [-0.2, -0.15) is 0 Å². The third kappa shape index (κ3) is 176. The molecular weight excluding hydrogens is 973 g/mol. The van der Waals surface area contributed by atoms with Crippen molar-refractivity contribution in [3.05, 3.63) is 0 Å². The molecule has 0 aromatic carbocycles. The van der Waals surface area contributed by atoms with Crippen LogP contribution in [0.1, 0.15) is 0 Å². The quantitative estimate of drug-likeness (QED) is 0.134. The Kier molecular flexibility index (Phi) is 142. The molecule has 0 bridgehead atoms. The molecule has 12 heavy (non-hydrogen) atoms. The second-order valence-corrected chi connectivity index (χ2v) is 1.22. The molecule has 70 valence electrons. The summed E-state index contributed by atoms with van der Waals surface area (Å²) in [5.74, 6) is 0. The van der Waals surface area contributed by atoms with Gasteiger partial charge in [0.1, 0.15) is 0 Å². The van der Waals surface area contributed by atoms with Gasteiger partial charge in [0.25, 0.3) is 0 Å². The summed E-state index contributed by atoms with van der Waals surface area (Å²) >= 11 is 0. The van der Waals surface area contributed by atoms with Crippen LogP contribution in [0.25, 0.3) is 0 Å². The second kappa shape index (κ2) is 29.3. The van der Waals surface area contributed by atoms with Crippen LogP contribution in [0.3, 0.4) is 0 Å². The van der Waals surface area contributed by atoms with Gasteiger partial charge in [0.15, 0.2) is 0 Å². The van der Waals surface area contributed by atoms with Crippen molar-refractivity contribution in [1.29, 1.82) is 0 Å². The summed E-state index contributed by atoms with van der Waals surface area (Å²) in [6.45, 7) is 0. The van der Waals surface area contributed by atoms with Crippen molar-refractivity contribution in [3.63, 3.8) is 0 Å². The van der Waals surface area contributed by atoms with E-state index >= 15 is 0 Å². The second-order valence-electron chi connectivity index (χ2n) is 0.408. The fourth-order valence-corrected chi connectivity index (χ4v) is 0. The average molecular weight is 979 g/mol. The Bertz CT molecular complexity index is 98.6. The summed E-state index contributed by atoms with van der Waals surface area (Å²) in [5.41, 5.74) is 0. The van der Waals surface area contributed by atoms with Gasteiger partial charge in [-0.25, -0.2) is 0 Å². The van der Waals surface area contributed by atoms with E-state index in [1.165, 1.54) is 0 Å². The van der Waals surface area contributed by atoms with Crippen molar-refractivity contribution in [2.45, 2.75) is 0 Å². The SMILES string of the molecule is O.O.O.O=S(=O)([O-])[O-].[Pb+2].[Pb].[Pb].[Pb]. The van der Waals surface area contributed by atoms with Gasteiger partial charge in [0, 0.05) is 92.3 Å². The molecule has 0 aromatic rings. The summed E-state index contributed by atoms with van der Waals surface area (Å²) in [7, 11) is -5.17. The van der Waals surface area contributed by atoms with Crippen LogP contribution < -0.4 is 0 Å². The average Bonchev–Trinajstić information content (AvgIpc) is 0.722. The Balaban J connectivity index is -0.00000000381. The van der Waals surface area contributed by atoms with Crippen molar-refractivity contribution in [2.75, 3.05) is 0 Å². The van der Waals surface area contributed by atoms with Crippen LogP contribution in [0.4, 0.5) is 0 Å². The minimum atomic E-state index is -5.17. The van der Waals surface area contributed by atoms with Crippen molar-refractivity contribution in [3.8, 4) is 0 Å². The number of hydrogen-bond donors (Lipinski definition) is 0. The molecule has 0 saturated carbocycles. The number of rotatable bonds is 0. The molecule has 0 rings (SSSR count). The first-order valence-electron chi connectivity index (χ1n) is 0.667. The zero-order valence-electron chi connectivity index (χ0n) is 5.54. The molecule has 7 nitrogen and oxygen atoms in total. The summed E-state index contributed by atoms with van der Waals surface area (Å²) in [5, 5.41) is 0. The predicted molar refractivity (Wildman–Crippen MR) is 44.3 cm³/mol. The molecule has 12 heteroatoms. The van der Waals surface area contributed by atoms with Gasteiger partial charge < -0.3 is 25.5 Å². The maximum absolute atomic E-state index is 8.52. The summed E-state index contributed by atoms with van der Waals surface area (Å²) < 4.78 is 34.1. The molecule has 0 atom stereocenters. The van der Waals surface area contributed by atoms with E-state index in [0.29, 0.717) is 0 Å². The van der Waals surface area contributed by atoms with E-state index in [1.54, 1.807) is 0 Å². The minimum absolute atomic E-state index is 0. The van der Waals surface area contributed by atoms with E-state index in [2.05, 4.69) is 0 Å². The fourth-order valence-electron chi connectivity index (χ4n) is 0. The van der Waals surface area contributed by atoms with Crippen LogP contribution in [0, 0.1) is 0 Å². The Hall–Kier alpha value is 3.44. The zero-order chi connectivity index (χ0) is 4.50. The molecule has 0 aromatic heterocycles. The van der Waals surface area contributed by atoms with E-state index < -0.39 is 10.4 Å². The van der Waals surface area contributed by atoms with Gasteiger partial charge in [0.2, 0.25) is 0 Å². The molecule has 0 fully saturated rings. The van der Waals surface area contributed by atoms with Gasteiger partial charge >= 0.3 is 27.3 Å². The van der Waals surface area contributed by atoms with Crippen LogP contribution in [-0.4, -0.2) is 143 Å². The topological polar surface area (TPSA) is 175 Å². The van der Waals surface area contributed by atoms with Crippen LogP contribution in [0.15, 0.2) is 0 Å². The largest absolute Gasteiger partial charge is 2.00 e. The van der Waals surface area contributed by atoms with Crippen molar-refractivity contribution < 1.29 is 34.0 Å². The molecule has 0 aliphatic rings. The Morgan fingerprint density at radius 2 is 0.750 bits per heavy atom. The third-order valence-electron chi connectivity index (χ3n) is 0. The van der Waals surface area contributed by atoms with E-state index in [0.717, 1.165) is 0 Å². The summed E-state index contributed by atoms with van der Waals surface area (Å²) in [4.78, 5) is 0. The van der Waals surface area contributed by atoms with E-state index in [-0.39, 0.29) is 126 Å². The summed E-state index contributed by atoms with van der Waals surface area (Å²) in [6, 6.07) is 0. The first-order valence-corrected chi connectivity index (χ1v) is 2.00. The fraction of sp³-hybridized carbons (Fsp3) is 0. The molecule has 0 aliphatic heterocycles. The first kappa shape index (κ1) is 58.2. The van der Waals surface area contributed by atoms with Crippen molar-refractivity contribution >= 4 is 120 Å². The molecule has 0 spiro atoms. The standard InChI is InChI=1S/H2O4S.3H2O.4Pb/c1-5(2,3)4;;;;;;;/h(H2,1,2,3,4);3*1H2;;;;/q;;;;;;;+2/p-2. The van der Waals surface area contributed by atoms with Gasteiger partial charge in [-0.1, -0.05) is 0 Å². The van der Waals surface area contributed by atoms with Crippen LogP contribution in [-0.2, 0) is 10.4 Å². The van der Waals surface area contributed by atoms with Crippen LogP contribution in [0.5, 0.6) is 0 Å². The molecule has 0 heterocycles. The van der Waals surface area contributed by atoms with Gasteiger partial charge in [0.05, 0.1) is 0 Å². The maximum Gasteiger partial charge on any atom is 2.00 e. The zero-order valence-corrected chi connectivity index (χ0v) is 21.9. The van der Waals surface area contributed by atoms with Gasteiger partial charge in [-0.3, -0.25) is 8.42 Å². The van der Waals surface area contributed by atoms with E-state index in [4.69, 9.17) is 17.5 Å². The van der Waals surface area contributed by atoms with Gasteiger partial charge in [-0.15, -0.1) is 0 Å². The molecule has 0 aliphatic carbocycles. The Morgan fingerprint density at radius 3 is 0.750 bits per heavy atom. The molecule has 0 unspecified atom stereocenters. The van der Waals surface area contributed by atoms with E-state index in [9.17, 15) is 0 Å². The normalized spacial score (nSPS) is 4.83. The molecule has 14 radical (unpaired) electrons. The minimum Gasteiger partial charge on any atom is -0.759 e. The maximum atomic E-state index is 8.52. The van der Waals surface area contributed by atoms with Crippen LogP contribution in [0.2, 0.25) is 0 Å². The summed E-state index contributed by atoms with van der Waals surface area (Å²) in [6.07, 6.45) is 0. The number of hydrogen-bond acceptors (Lipinski definition) is 4. The smallest absolute Gasteiger partial charge is 0.759 e. The first-order chi connectivity index (χ1) is 2.00. The molecule has 0 amide bonds. The Morgan fingerprint density at radius 1 is 0.750 bits per heavy atom. The predicted octanol–water partition coefficient (Wildman–Crippen LogP) is -5.34. The van der Waals surface area contributed by atoms with E-state index in [1.807, 2.05) is 0 Å². The Labute approximate surface area is 151 Å². The monoisotopic (exact) mass is 982 g/mol. The molecule has 0 saturated heterocycles. The molecule has 6 N–H and O–H groups in total. The molecular formula is H6O7Pb4S. The van der Waals surface area contributed by atoms with Crippen LogP contribution >= 0.6 is 0 Å². The third-order valence-corrected chi connectivity index (χ3v) is 0. The van der Waals surface area contributed by atoms with Crippen molar-refractivity contribution in [1.82, 2.24) is 0 Å². The van der Waals surface area contributed by atoms with Crippen molar-refractivity contribution in [2.24, 2.45) is 0 Å². The van der Waals surface area contributed by atoms with Gasteiger partial charge in [-0.05, 0) is 0 Å².